The zero-order chi connectivity index (χ0) is 26.5. The molecule has 6 heteroatoms. The number of benzene rings is 3. The van der Waals surface area contributed by atoms with Gasteiger partial charge in [0.1, 0.15) is 18.1 Å². The SMILES string of the molecule is CCN(Cc1ccc(OCCN2CCCCC2)c(F)c1)c1cc(O)ccc1C1CCc2cc(O)ccc2C1. The summed E-state index contributed by atoms with van der Waals surface area (Å²) in [5.74, 6) is 0.825. The highest BCUT2D eigenvalue weighted by molar-refractivity contribution is 5.59. The number of phenols is 2. The Hall–Kier alpha value is -3.25. The maximum absolute atomic E-state index is 15.0. The fourth-order valence-corrected chi connectivity index (χ4v) is 5.97. The molecular formula is C32H39FN2O3. The smallest absolute Gasteiger partial charge is 0.165 e. The van der Waals surface area contributed by atoms with Crippen molar-refractivity contribution in [2.24, 2.45) is 0 Å². The number of aromatic hydroxyl groups is 2. The Balaban J connectivity index is 1.28. The Labute approximate surface area is 225 Å². The minimum absolute atomic E-state index is 0.229. The van der Waals surface area contributed by atoms with Gasteiger partial charge in [-0.25, -0.2) is 4.39 Å². The molecule has 0 radical (unpaired) electrons. The molecule has 0 bridgehead atoms. The third kappa shape index (κ3) is 6.24. The van der Waals surface area contributed by atoms with Crippen molar-refractivity contribution in [1.29, 1.82) is 0 Å². The number of hydrogen-bond acceptors (Lipinski definition) is 5. The van der Waals surface area contributed by atoms with Gasteiger partial charge in [-0.2, -0.15) is 0 Å². The third-order valence-electron chi connectivity index (χ3n) is 8.08. The molecule has 38 heavy (non-hydrogen) atoms. The van der Waals surface area contributed by atoms with Crippen LogP contribution >= 0.6 is 0 Å². The molecule has 0 spiro atoms. The van der Waals surface area contributed by atoms with Crippen molar-refractivity contribution < 1.29 is 19.3 Å². The maximum atomic E-state index is 15.0. The zero-order valence-corrected chi connectivity index (χ0v) is 22.3. The number of phenolic OH excluding ortho intramolecular Hbond substituents is 2. The van der Waals surface area contributed by atoms with Gasteiger partial charge in [-0.05, 0) is 111 Å². The number of nitrogens with zero attached hydrogens (tertiary/aromatic N) is 2. The van der Waals surface area contributed by atoms with Crippen LogP contribution in [0.5, 0.6) is 17.2 Å². The highest BCUT2D eigenvalue weighted by atomic mass is 19.1. The number of likely N-dealkylation sites (tertiary alicyclic amines) is 1. The second-order valence-electron chi connectivity index (χ2n) is 10.7. The molecule has 3 aromatic rings. The third-order valence-corrected chi connectivity index (χ3v) is 8.08. The molecule has 5 nitrogen and oxygen atoms in total. The summed E-state index contributed by atoms with van der Waals surface area (Å²) < 4.78 is 20.7. The van der Waals surface area contributed by atoms with E-state index in [0.29, 0.717) is 30.6 Å². The molecule has 1 aliphatic heterocycles. The summed E-state index contributed by atoms with van der Waals surface area (Å²) in [7, 11) is 0. The van der Waals surface area contributed by atoms with Crippen LogP contribution in [0.4, 0.5) is 10.1 Å². The molecule has 0 saturated carbocycles. The van der Waals surface area contributed by atoms with E-state index in [-0.39, 0.29) is 11.6 Å². The summed E-state index contributed by atoms with van der Waals surface area (Å²) >= 11 is 0. The Morgan fingerprint density at radius 3 is 2.53 bits per heavy atom. The van der Waals surface area contributed by atoms with Crippen LogP contribution in [-0.4, -0.2) is 47.9 Å². The summed E-state index contributed by atoms with van der Waals surface area (Å²) in [6.45, 7) is 6.88. The van der Waals surface area contributed by atoms with Crippen molar-refractivity contribution >= 4 is 5.69 Å². The Morgan fingerprint density at radius 2 is 1.74 bits per heavy atom. The lowest BCUT2D eigenvalue weighted by Gasteiger charge is -2.31. The first kappa shape index (κ1) is 26.4. The number of rotatable bonds is 9. The van der Waals surface area contributed by atoms with E-state index in [9.17, 15) is 14.6 Å². The molecule has 2 aliphatic rings. The van der Waals surface area contributed by atoms with Crippen LogP contribution in [0, 0.1) is 5.82 Å². The van der Waals surface area contributed by atoms with Crippen molar-refractivity contribution in [3.8, 4) is 17.2 Å². The molecule has 1 heterocycles. The first-order chi connectivity index (χ1) is 18.5. The largest absolute Gasteiger partial charge is 0.508 e. The summed E-state index contributed by atoms with van der Waals surface area (Å²) in [5.41, 5.74) is 5.52. The van der Waals surface area contributed by atoms with Crippen molar-refractivity contribution in [1.82, 2.24) is 4.90 Å². The van der Waals surface area contributed by atoms with Crippen LogP contribution in [-0.2, 0) is 19.4 Å². The van der Waals surface area contributed by atoms with Crippen LogP contribution in [0.15, 0.2) is 54.6 Å². The molecule has 1 aliphatic carbocycles. The quantitative estimate of drug-likeness (QED) is 0.343. The molecule has 202 valence electrons. The van der Waals surface area contributed by atoms with Gasteiger partial charge in [-0.3, -0.25) is 4.90 Å². The van der Waals surface area contributed by atoms with Gasteiger partial charge in [-0.1, -0.05) is 24.6 Å². The second kappa shape index (κ2) is 12.1. The predicted octanol–water partition coefficient (Wildman–Crippen LogP) is 6.40. The van der Waals surface area contributed by atoms with Gasteiger partial charge >= 0.3 is 0 Å². The number of hydrogen-bond donors (Lipinski definition) is 2. The lowest BCUT2D eigenvalue weighted by molar-refractivity contribution is 0.180. The van der Waals surface area contributed by atoms with E-state index >= 15 is 0 Å². The van der Waals surface area contributed by atoms with Gasteiger partial charge in [0.2, 0.25) is 0 Å². The normalized spacial score (nSPS) is 17.7. The van der Waals surface area contributed by atoms with E-state index in [2.05, 4.69) is 16.7 Å². The van der Waals surface area contributed by atoms with Gasteiger partial charge in [0, 0.05) is 31.4 Å². The molecule has 0 amide bonds. The standard InChI is InChI=1S/C32H39FN2O3/c1-2-35(22-23-6-13-32(30(33)18-23)38-17-16-34-14-4-3-5-15-34)31-21-28(37)11-12-29(31)26-8-7-25-20-27(36)10-9-24(25)19-26/h6,9-13,18,20-21,26,36-37H,2-5,7-8,14-17,19,22H2,1H3. The molecular weight excluding hydrogens is 479 g/mol. The number of piperidine rings is 1. The number of fused-ring (bicyclic) bond motifs is 1. The molecule has 1 saturated heterocycles. The second-order valence-corrected chi connectivity index (χ2v) is 10.7. The molecule has 5 rings (SSSR count). The topological polar surface area (TPSA) is 56.2 Å². The van der Waals surface area contributed by atoms with E-state index in [1.165, 1.54) is 36.0 Å². The van der Waals surface area contributed by atoms with Crippen LogP contribution < -0.4 is 9.64 Å². The van der Waals surface area contributed by atoms with E-state index in [1.807, 2.05) is 30.3 Å². The average molecular weight is 519 g/mol. The molecule has 3 aromatic carbocycles. The lowest BCUT2D eigenvalue weighted by atomic mass is 9.79. The highest BCUT2D eigenvalue weighted by Crippen LogP contribution is 2.40. The highest BCUT2D eigenvalue weighted by Gasteiger charge is 2.25. The monoisotopic (exact) mass is 518 g/mol. The van der Waals surface area contributed by atoms with E-state index in [0.717, 1.165) is 56.7 Å². The van der Waals surface area contributed by atoms with E-state index < -0.39 is 0 Å². The molecule has 2 N–H and O–H groups in total. The number of halogens is 1. The van der Waals surface area contributed by atoms with Crippen LogP contribution in [0.3, 0.4) is 0 Å². The number of ether oxygens (including phenoxy) is 1. The minimum atomic E-state index is -0.333. The molecule has 1 atom stereocenters. The fraction of sp³-hybridized carbons (Fsp3) is 0.438. The Bertz CT molecular complexity index is 1240. The molecule has 0 aromatic heterocycles. The number of anilines is 1. The lowest BCUT2D eigenvalue weighted by Crippen LogP contribution is -2.33. The van der Waals surface area contributed by atoms with Crippen LogP contribution in [0.25, 0.3) is 0 Å². The Kier molecular flexibility index (Phi) is 8.38. The summed E-state index contributed by atoms with van der Waals surface area (Å²) in [6, 6.07) is 16.5. The Morgan fingerprint density at radius 1 is 0.947 bits per heavy atom. The number of aryl methyl sites for hydroxylation is 1. The van der Waals surface area contributed by atoms with Gasteiger partial charge in [0.15, 0.2) is 11.6 Å². The predicted molar refractivity (Wildman–Crippen MR) is 150 cm³/mol. The summed E-state index contributed by atoms with van der Waals surface area (Å²) in [4.78, 5) is 4.59. The molecule has 1 fully saturated rings. The summed E-state index contributed by atoms with van der Waals surface area (Å²) in [6.07, 6.45) is 6.54. The maximum Gasteiger partial charge on any atom is 0.165 e. The van der Waals surface area contributed by atoms with E-state index in [1.54, 1.807) is 24.3 Å². The summed E-state index contributed by atoms with van der Waals surface area (Å²) in [5, 5.41) is 20.2. The molecule has 1 unspecified atom stereocenters. The zero-order valence-electron chi connectivity index (χ0n) is 22.3. The van der Waals surface area contributed by atoms with E-state index in [4.69, 9.17) is 4.74 Å². The first-order valence-electron chi connectivity index (χ1n) is 14.0. The van der Waals surface area contributed by atoms with Crippen LogP contribution in [0.2, 0.25) is 0 Å². The van der Waals surface area contributed by atoms with Gasteiger partial charge < -0.3 is 19.8 Å². The minimum Gasteiger partial charge on any atom is -0.508 e. The van der Waals surface area contributed by atoms with Gasteiger partial charge in [-0.15, -0.1) is 0 Å². The fourth-order valence-electron chi connectivity index (χ4n) is 5.97. The first-order valence-corrected chi connectivity index (χ1v) is 14.0. The van der Waals surface area contributed by atoms with Gasteiger partial charge in [0.05, 0.1) is 0 Å². The van der Waals surface area contributed by atoms with Crippen LogP contribution in [0.1, 0.15) is 60.8 Å². The van der Waals surface area contributed by atoms with Gasteiger partial charge in [0.25, 0.3) is 0 Å². The van der Waals surface area contributed by atoms with Crippen molar-refractivity contribution in [3.63, 3.8) is 0 Å². The average Bonchev–Trinajstić information content (AvgIpc) is 2.93. The van der Waals surface area contributed by atoms with Crippen molar-refractivity contribution in [2.45, 2.75) is 57.9 Å². The van der Waals surface area contributed by atoms with Crippen molar-refractivity contribution in [3.05, 3.63) is 82.7 Å². The van der Waals surface area contributed by atoms with Crippen molar-refractivity contribution in [2.75, 3.05) is 37.7 Å².